The summed E-state index contributed by atoms with van der Waals surface area (Å²) in [5, 5.41) is 2.26. The highest BCUT2D eigenvalue weighted by molar-refractivity contribution is 8.18. The third-order valence-corrected chi connectivity index (χ3v) is 5.03. The first-order chi connectivity index (χ1) is 14.0. The van der Waals surface area contributed by atoms with E-state index in [1.807, 2.05) is 19.1 Å². The molecular weight excluding hydrogens is 388 g/mol. The van der Waals surface area contributed by atoms with E-state index in [-0.39, 0.29) is 11.4 Å². The zero-order chi connectivity index (χ0) is 20.8. The monoisotopic (exact) mass is 408 g/mol. The molecule has 2 aromatic rings. The fraction of sp³-hybridized carbons (Fsp3) is 0.136. The van der Waals surface area contributed by atoms with Crippen molar-refractivity contribution in [2.24, 2.45) is 0 Å². The van der Waals surface area contributed by atoms with Gasteiger partial charge in [0, 0.05) is 5.69 Å². The van der Waals surface area contributed by atoms with Crippen LogP contribution in [0.5, 0.6) is 5.75 Å². The van der Waals surface area contributed by atoms with Gasteiger partial charge in [-0.1, -0.05) is 43.0 Å². The lowest BCUT2D eigenvalue weighted by molar-refractivity contribution is -0.127. The highest BCUT2D eigenvalue weighted by atomic mass is 32.2. The zero-order valence-electron chi connectivity index (χ0n) is 15.9. The van der Waals surface area contributed by atoms with Crippen molar-refractivity contribution in [1.29, 1.82) is 0 Å². The molecule has 148 valence electrons. The van der Waals surface area contributed by atoms with Crippen molar-refractivity contribution < 1.29 is 19.1 Å². The van der Waals surface area contributed by atoms with Gasteiger partial charge < -0.3 is 10.1 Å². The Labute approximate surface area is 173 Å². The molecule has 0 bridgehead atoms. The number of hydrogen-bond acceptors (Lipinski definition) is 5. The molecule has 6 nitrogen and oxygen atoms in total. The second-order valence-corrected chi connectivity index (χ2v) is 7.30. The first kappa shape index (κ1) is 20.4. The topological polar surface area (TPSA) is 75.7 Å². The van der Waals surface area contributed by atoms with Gasteiger partial charge in [-0.05, 0) is 54.1 Å². The average molecular weight is 408 g/mol. The summed E-state index contributed by atoms with van der Waals surface area (Å²) in [5.74, 6) is -0.282. The summed E-state index contributed by atoms with van der Waals surface area (Å²) in [6.45, 7) is 5.50. The summed E-state index contributed by atoms with van der Waals surface area (Å²) in [6.07, 6.45) is 3.25. The van der Waals surface area contributed by atoms with Gasteiger partial charge in [0.25, 0.3) is 11.1 Å². The van der Waals surface area contributed by atoms with Crippen LogP contribution < -0.4 is 10.1 Å². The van der Waals surface area contributed by atoms with Crippen LogP contribution in [0.25, 0.3) is 6.08 Å². The van der Waals surface area contributed by atoms with Gasteiger partial charge in [-0.3, -0.25) is 19.3 Å². The first-order valence-electron chi connectivity index (χ1n) is 8.92. The lowest BCUT2D eigenvalue weighted by Gasteiger charge is -2.13. The van der Waals surface area contributed by atoms with Crippen LogP contribution in [0.2, 0.25) is 0 Å². The quantitative estimate of drug-likeness (QED) is 0.548. The second-order valence-electron chi connectivity index (χ2n) is 6.30. The minimum absolute atomic E-state index is 0.263. The highest BCUT2D eigenvalue weighted by Gasteiger charge is 2.36. The van der Waals surface area contributed by atoms with Crippen LogP contribution >= 0.6 is 11.8 Å². The molecule has 29 heavy (non-hydrogen) atoms. The molecule has 3 amide bonds. The Kier molecular flexibility index (Phi) is 6.51. The van der Waals surface area contributed by atoms with Gasteiger partial charge in [-0.15, -0.1) is 0 Å². The number of carbonyl (C=O) groups excluding carboxylic acids is 3. The fourth-order valence-corrected chi connectivity index (χ4v) is 3.52. The smallest absolute Gasteiger partial charge is 0.294 e. The number of para-hydroxylation sites is 1. The number of amides is 3. The molecule has 0 aliphatic carbocycles. The normalized spacial score (nSPS) is 14.9. The number of anilines is 1. The van der Waals surface area contributed by atoms with Crippen molar-refractivity contribution in [2.75, 3.05) is 18.5 Å². The Morgan fingerprint density at radius 2 is 2.00 bits per heavy atom. The third-order valence-electron chi connectivity index (χ3n) is 4.12. The molecule has 2 aromatic carbocycles. The largest absolute Gasteiger partial charge is 0.490 e. The molecule has 0 spiro atoms. The van der Waals surface area contributed by atoms with Crippen LogP contribution in [0.4, 0.5) is 10.5 Å². The number of nitrogens with zero attached hydrogens (tertiary/aromatic N) is 1. The third kappa shape index (κ3) is 5.14. The fourth-order valence-electron chi connectivity index (χ4n) is 2.68. The zero-order valence-corrected chi connectivity index (χ0v) is 16.7. The van der Waals surface area contributed by atoms with Gasteiger partial charge in [0.2, 0.25) is 5.91 Å². The summed E-state index contributed by atoms with van der Waals surface area (Å²) < 4.78 is 5.48. The van der Waals surface area contributed by atoms with E-state index < -0.39 is 17.1 Å². The molecule has 0 saturated carbocycles. The van der Waals surface area contributed by atoms with Crippen molar-refractivity contribution in [3.8, 4) is 5.75 Å². The molecule has 0 unspecified atom stereocenters. The minimum atomic E-state index is -0.489. The second kappa shape index (κ2) is 9.25. The number of nitrogens with one attached hydrogen (secondary N) is 1. The summed E-state index contributed by atoms with van der Waals surface area (Å²) >= 11 is 0.813. The Morgan fingerprint density at radius 1 is 1.21 bits per heavy atom. The molecule has 3 rings (SSSR count). The highest BCUT2D eigenvalue weighted by Crippen LogP contribution is 2.32. The molecule has 1 aliphatic rings. The molecule has 1 fully saturated rings. The predicted octanol–water partition coefficient (Wildman–Crippen LogP) is 4.23. The lowest BCUT2D eigenvalue weighted by atomic mass is 10.2. The molecule has 1 heterocycles. The molecule has 0 aromatic heterocycles. The Hall–Kier alpha value is -3.32. The number of rotatable bonds is 7. The lowest BCUT2D eigenvalue weighted by Crippen LogP contribution is -2.36. The SMILES string of the molecule is C=CCOc1cccc(/C=C2/SC(=O)N(CC(=O)Nc3ccccc3C)C2=O)c1. The van der Waals surface area contributed by atoms with Gasteiger partial charge >= 0.3 is 0 Å². The standard InChI is InChI=1S/C22H20N2O4S/c1-3-11-28-17-9-6-8-16(12-17)13-19-21(26)24(22(27)29-19)14-20(25)23-18-10-5-4-7-15(18)2/h3-10,12-13H,1,11,14H2,2H3,(H,23,25)/b19-13+. The number of ether oxygens (including phenoxy) is 1. The number of benzene rings is 2. The molecule has 0 atom stereocenters. The summed E-state index contributed by atoms with van der Waals surface area (Å²) in [4.78, 5) is 38.4. The summed E-state index contributed by atoms with van der Waals surface area (Å²) in [5.41, 5.74) is 2.27. The van der Waals surface area contributed by atoms with E-state index in [0.29, 0.717) is 18.0 Å². The Balaban J connectivity index is 1.69. The van der Waals surface area contributed by atoms with Crippen molar-refractivity contribution >= 4 is 40.6 Å². The van der Waals surface area contributed by atoms with E-state index in [4.69, 9.17) is 4.74 Å². The molecule has 1 N–H and O–H groups in total. The van der Waals surface area contributed by atoms with Gasteiger partial charge in [-0.2, -0.15) is 0 Å². The van der Waals surface area contributed by atoms with Gasteiger partial charge in [-0.25, -0.2) is 0 Å². The van der Waals surface area contributed by atoms with Gasteiger partial charge in [0.05, 0.1) is 4.91 Å². The molecule has 1 saturated heterocycles. The molecule has 0 radical (unpaired) electrons. The van der Waals surface area contributed by atoms with Crippen LogP contribution in [0.3, 0.4) is 0 Å². The van der Waals surface area contributed by atoms with E-state index >= 15 is 0 Å². The van der Waals surface area contributed by atoms with Gasteiger partial charge in [0.1, 0.15) is 18.9 Å². The van der Waals surface area contributed by atoms with Crippen molar-refractivity contribution in [3.05, 3.63) is 77.2 Å². The number of thioether (sulfide) groups is 1. The van der Waals surface area contributed by atoms with E-state index in [0.717, 1.165) is 27.8 Å². The van der Waals surface area contributed by atoms with Crippen molar-refractivity contribution in [2.45, 2.75) is 6.92 Å². The van der Waals surface area contributed by atoms with Crippen LogP contribution in [-0.4, -0.2) is 35.1 Å². The van der Waals surface area contributed by atoms with E-state index in [9.17, 15) is 14.4 Å². The number of aryl methyl sites for hydroxylation is 1. The van der Waals surface area contributed by atoms with E-state index in [2.05, 4.69) is 11.9 Å². The number of carbonyl (C=O) groups is 3. The molecular formula is C22H20N2O4S. The summed E-state index contributed by atoms with van der Waals surface area (Å²) in [6, 6.07) is 14.5. The van der Waals surface area contributed by atoms with Crippen molar-refractivity contribution in [3.63, 3.8) is 0 Å². The average Bonchev–Trinajstić information content (AvgIpc) is 2.96. The van der Waals surface area contributed by atoms with Crippen LogP contribution in [-0.2, 0) is 9.59 Å². The maximum atomic E-state index is 12.6. The predicted molar refractivity (Wildman–Crippen MR) is 115 cm³/mol. The van der Waals surface area contributed by atoms with E-state index in [1.54, 1.807) is 48.6 Å². The molecule has 1 aliphatic heterocycles. The van der Waals surface area contributed by atoms with E-state index in [1.165, 1.54) is 0 Å². The maximum absolute atomic E-state index is 12.6. The van der Waals surface area contributed by atoms with Crippen LogP contribution in [0.1, 0.15) is 11.1 Å². The maximum Gasteiger partial charge on any atom is 0.294 e. The Morgan fingerprint density at radius 3 is 2.76 bits per heavy atom. The number of imide groups is 1. The van der Waals surface area contributed by atoms with Crippen molar-refractivity contribution in [1.82, 2.24) is 4.90 Å². The molecule has 7 heteroatoms. The van der Waals surface area contributed by atoms with Gasteiger partial charge in [0.15, 0.2) is 0 Å². The van der Waals surface area contributed by atoms with Crippen LogP contribution in [0.15, 0.2) is 66.1 Å². The summed E-state index contributed by atoms with van der Waals surface area (Å²) in [7, 11) is 0. The number of hydrogen-bond donors (Lipinski definition) is 1. The first-order valence-corrected chi connectivity index (χ1v) is 9.74. The van der Waals surface area contributed by atoms with Crippen LogP contribution in [0, 0.1) is 6.92 Å². The minimum Gasteiger partial charge on any atom is -0.490 e. The Bertz CT molecular complexity index is 1000.